The molecule has 1 aliphatic rings. The molecular formula is C15H20N2O3. The Morgan fingerprint density at radius 2 is 2.05 bits per heavy atom. The largest absolute Gasteiger partial charge is 0.481 e. The molecule has 5 heteroatoms. The summed E-state index contributed by atoms with van der Waals surface area (Å²) < 4.78 is 0. The molecule has 1 aliphatic heterocycles. The summed E-state index contributed by atoms with van der Waals surface area (Å²) in [6, 6.07) is 7.75. The van der Waals surface area contributed by atoms with Crippen molar-refractivity contribution < 1.29 is 14.7 Å². The minimum atomic E-state index is -0.762. The summed E-state index contributed by atoms with van der Waals surface area (Å²) in [5, 5.41) is 14.6. The van der Waals surface area contributed by atoms with E-state index in [2.05, 4.69) is 10.6 Å². The molecular weight excluding hydrogens is 256 g/mol. The van der Waals surface area contributed by atoms with Gasteiger partial charge in [0.15, 0.2) is 0 Å². The number of aliphatic carboxylic acids is 1. The smallest absolute Gasteiger partial charge is 0.303 e. The molecule has 1 aromatic carbocycles. The fourth-order valence-electron chi connectivity index (χ4n) is 2.37. The standard InChI is InChI=1S/C15H20N2O3/c18-14(19)8-2-1-5-9-16-15(20)13-10-11-6-3-4-7-12(11)17-13/h3-4,6-7,13,17H,1-2,5,8-10H2,(H,16,20)(H,18,19). The highest BCUT2D eigenvalue weighted by molar-refractivity contribution is 5.87. The van der Waals surface area contributed by atoms with Gasteiger partial charge < -0.3 is 15.7 Å². The quantitative estimate of drug-likeness (QED) is 0.663. The number of hydrogen-bond acceptors (Lipinski definition) is 3. The molecule has 1 unspecified atom stereocenters. The highest BCUT2D eigenvalue weighted by atomic mass is 16.4. The Balaban J connectivity index is 1.63. The van der Waals surface area contributed by atoms with Crippen LogP contribution in [0.25, 0.3) is 0 Å². The van der Waals surface area contributed by atoms with Gasteiger partial charge in [-0.1, -0.05) is 24.6 Å². The van der Waals surface area contributed by atoms with Gasteiger partial charge in [0.25, 0.3) is 0 Å². The molecule has 0 fully saturated rings. The molecule has 0 aliphatic carbocycles. The van der Waals surface area contributed by atoms with Crippen molar-refractivity contribution in [3.8, 4) is 0 Å². The normalized spacial score (nSPS) is 16.3. The van der Waals surface area contributed by atoms with Crippen LogP contribution >= 0.6 is 0 Å². The van der Waals surface area contributed by atoms with E-state index in [4.69, 9.17) is 5.11 Å². The zero-order valence-corrected chi connectivity index (χ0v) is 11.4. The third kappa shape index (κ3) is 3.98. The van der Waals surface area contributed by atoms with E-state index in [0.717, 1.165) is 24.9 Å². The molecule has 20 heavy (non-hydrogen) atoms. The second-order valence-corrected chi connectivity index (χ2v) is 5.05. The molecule has 1 atom stereocenters. The number of anilines is 1. The molecule has 3 N–H and O–H groups in total. The third-order valence-corrected chi connectivity index (χ3v) is 3.45. The van der Waals surface area contributed by atoms with Crippen molar-refractivity contribution in [3.05, 3.63) is 29.8 Å². The van der Waals surface area contributed by atoms with E-state index in [0.29, 0.717) is 13.0 Å². The summed E-state index contributed by atoms with van der Waals surface area (Å²) >= 11 is 0. The maximum absolute atomic E-state index is 12.0. The van der Waals surface area contributed by atoms with Crippen LogP contribution in [0, 0.1) is 0 Å². The Morgan fingerprint density at radius 1 is 1.25 bits per heavy atom. The molecule has 108 valence electrons. The van der Waals surface area contributed by atoms with Crippen LogP contribution in [0.5, 0.6) is 0 Å². The molecule has 1 heterocycles. The number of carbonyl (C=O) groups is 2. The van der Waals surface area contributed by atoms with Gasteiger partial charge in [0.2, 0.25) is 5.91 Å². The average molecular weight is 276 g/mol. The molecule has 0 saturated carbocycles. The Kier molecular flexibility index (Phi) is 4.98. The number of benzene rings is 1. The first-order chi connectivity index (χ1) is 9.66. The molecule has 0 bridgehead atoms. The van der Waals surface area contributed by atoms with Gasteiger partial charge in [-0.15, -0.1) is 0 Å². The van der Waals surface area contributed by atoms with Crippen molar-refractivity contribution in [2.45, 2.75) is 38.1 Å². The number of carboxylic acids is 1. The fourth-order valence-corrected chi connectivity index (χ4v) is 2.37. The average Bonchev–Trinajstić information content (AvgIpc) is 2.86. The Bertz CT molecular complexity index is 463. The Morgan fingerprint density at radius 3 is 2.80 bits per heavy atom. The van der Waals surface area contributed by atoms with Crippen LogP contribution in [-0.4, -0.2) is 29.6 Å². The number of fused-ring (bicyclic) bond motifs is 1. The first-order valence-electron chi connectivity index (χ1n) is 7.01. The zero-order chi connectivity index (χ0) is 14.4. The number of amides is 1. The predicted molar refractivity (Wildman–Crippen MR) is 76.7 cm³/mol. The monoisotopic (exact) mass is 276 g/mol. The van der Waals surface area contributed by atoms with Crippen molar-refractivity contribution in [2.24, 2.45) is 0 Å². The lowest BCUT2D eigenvalue weighted by Crippen LogP contribution is -2.38. The summed E-state index contributed by atoms with van der Waals surface area (Å²) in [7, 11) is 0. The number of carbonyl (C=O) groups excluding carboxylic acids is 1. The van der Waals surface area contributed by atoms with Gasteiger partial charge in [0.1, 0.15) is 6.04 Å². The van der Waals surface area contributed by atoms with Gasteiger partial charge in [-0.05, 0) is 24.5 Å². The lowest BCUT2D eigenvalue weighted by atomic mass is 10.1. The molecule has 5 nitrogen and oxygen atoms in total. The van der Waals surface area contributed by atoms with Crippen molar-refractivity contribution in [1.82, 2.24) is 5.32 Å². The molecule has 0 aromatic heterocycles. The van der Waals surface area contributed by atoms with E-state index in [1.807, 2.05) is 24.3 Å². The van der Waals surface area contributed by atoms with E-state index in [-0.39, 0.29) is 18.4 Å². The third-order valence-electron chi connectivity index (χ3n) is 3.45. The van der Waals surface area contributed by atoms with Crippen LogP contribution in [-0.2, 0) is 16.0 Å². The summed E-state index contributed by atoms with van der Waals surface area (Å²) in [5.41, 5.74) is 2.21. The van der Waals surface area contributed by atoms with Crippen LogP contribution in [0.3, 0.4) is 0 Å². The molecule has 0 saturated heterocycles. The molecule has 0 spiro atoms. The van der Waals surface area contributed by atoms with E-state index >= 15 is 0 Å². The number of rotatable bonds is 7. The van der Waals surface area contributed by atoms with E-state index < -0.39 is 5.97 Å². The summed E-state index contributed by atoms with van der Waals surface area (Å²) in [4.78, 5) is 22.3. The van der Waals surface area contributed by atoms with Crippen molar-refractivity contribution in [1.29, 1.82) is 0 Å². The second-order valence-electron chi connectivity index (χ2n) is 5.05. The highest BCUT2D eigenvalue weighted by Gasteiger charge is 2.25. The summed E-state index contributed by atoms with van der Waals surface area (Å²) in [5.74, 6) is -0.749. The van der Waals surface area contributed by atoms with E-state index in [1.54, 1.807) is 0 Å². The lowest BCUT2D eigenvalue weighted by Gasteiger charge is -2.11. The SMILES string of the molecule is O=C(O)CCCCCNC(=O)C1Cc2ccccc2N1. The first-order valence-corrected chi connectivity index (χ1v) is 7.01. The minimum Gasteiger partial charge on any atom is -0.481 e. The molecule has 2 rings (SSSR count). The highest BCUT2D eigenvalue weighted by Crippen LogP contribution is 2.24. The van der Waals surface area contributed by atoms with Crippen molar-refractivity contribution >= 4 is 17.6 Å². The fraction of sp³-hybridized carbons (Fsp3) is 0.467. The van der Waals surface area contributed by atoms with Crippen molar-refractivity contribution in [3.63, 3.8) is 0 Å². The van der Waals surface area contributed by atoms with E-state index in [1.165, 1.54) is 5.56 Å². The van der Waals surface area contributed by atoms with Gasteiger partial charge in [-0.2, -0.15) is 0 Å². The number of carboxylic acid groups (broad SMARTS) is 1. The van der Waals surface area contributed by atoms with Crippen LogP contribution in [0.4, 0.5) is 5.69 Å². The van der Waals surface area contributed by atoms with Crippen LogP contribution in [0.1, 0.15) is 31.2 Å². The van der Waals surface area contributed by atoms with Gasteiger partial charge in [-0.25, -0.2) is 0 Å². The lowest BCUT2D eigenvalue weighted by molar-refractivity contribution is -0.137. The van der Waals surface area contributed by atoms with Crippen LogP contribution < -0.4 is 10.6 Å². The molecule has 0 radical (unpaired) electrons. The van der Waals surface area contributed by atoms with Gasteiger partial charge >= 0.3 is 5.97 Å². The van der Waals surface area contributed by atoms with Crippen LogP contribution in [0.2, 0.25) is 0 Å². The van der Waals surface area contributed by atoms with Gasteiger partial charge in [-0.3, -0.25) is 9.59 Å². The molecule has 1 aromatic rings. The number of unbranched alkanes of at least 4 members (excludes halogenated alkanes) is 2. The minimum absolute atomic E-state index is 0.0134. The van der Waals surface area contributed by atoms with Crippen LogP contribution in [0.15, 0.2) is 24.3 Å². The Labute approximate surface area is 118 Å². The second kappa shape index (κ2) is 6.93. The molecule has 1 amide bonds. The maximum atomic E-state index is 12.0. The van der Waals surface area contributed by atoms with E-state index in [9.17, 15) is 9.59 Å². The number of nitrogens with one attached hydrogen (secondary N) is 2. The topological polar surface area (TPSA) is 78.4 Å². The summed E-state index contributed by atoms with van der Waals surface area (Å²) in [6.07, 6.45) is 3.23. The van der Waals surface area contributed by atoms with Gasteiger partial charge in [0, 0.05) is 25.1 Å². The summed E-state index contributed by atoms with van der Waals surface area (Å²) in [6.45, 7) is 0.604. The first kappa shape index (κ1) is 14.4. The van der Waals surface area contributed by atoms with Crippen molar-refractivity contribution in [2.75, 3.05) is 11.9 Å². The number of hydrogen-bond donors (Lipinski definition) is 3. The predicted octanol–water partition coefficient (Wildman–Crippen LogP) is 1.78. The number of para-hydroxylation sites is 1. The Hall–Kier alpha value is -2.04. The maximum Gasteiger partial charge on any atom is 0.303 e. The zero-order valence-electron chi connectivity index (χ0n) is 11.4. The van der Waals surface area contributed by atoms with Gasteiger partial charge in [0.05, 0.1) is 0 Å².